The molecule has 0 saturated heterocycles. The summed E-state index contributed by atoms with van der Waals surface area (Å²) >= 11 is 0. The molecule has 1 fully saturated rings. The summed E-state index contributed by atoms with van der Waals surface area (Å²) in [6.45, 7) is 4.59. The third-order valence-electron chi connectivity index (χ3n) is 11.5. The first-order valence-corrected chi connectivity index (χ1v) is 17.7. The topological polar surface area (TPSA) is 74.7 Å². The number of fused-ring (bicyclic) bond motifs is 7. The summed E-state index contributed by atoms with van der Waals surface area (Å²) in [5.74, 6) is -1.49. The lowest BCUT2D eigenvalue weighted by molar-refractivity contribution is 0.0696. The van der Waals surface area contributed by atoms with Crippen molar-refractivity contribution in [3.63, 3.8) is 0 Å². The third kappa shape index (κ3) is 4.54. The molecule has 48 heavy (non-hydrogen) atoms. The molecule has 1 aliphatic heterocycles. The summed E-state index contributed by atoms with van der Waals surface area (Å²) in [6.07, 6.45) is 12.3. The van der Waals surface area contributed by atoms with Crippen molar-refractivity contribution >= 4 is 35.0 Å². The number of hydrogen-bond donors (Lipinski definition) is 1. The van der Waals surface area contributed by atoms with Gasteiger partial charge in [-0.05, 0) is 108 Å². The smallest absolute Gasteiger partial charge is 0.335 e. The maximum Gasteiger partial charge on any atom is 0.335 e. The zero-order valence-corrected chi connectivity index (χ0v) is 27.7. The molecule has 1 saturated carbocycles. The Labute approximate surface area is 282 Å². The van der Waals surface area contributed by atoms with Crippen LogP contribution in [0.3, 0.4) is 0 Å². The molecule has 0 spiro atoms. The number of Topliss-reactive ketones (excluding diaryl/α,β-unsaturated/α-hetero) is 2. The van der Waals surface area contributed by atoms with Gasteiger partial charge >= 0.3 is 5.97 Å². The highest BCUT2D eigenvalue weighted by Crippen LogP contribution is 2.57. The first kappa shape index (κ1) is 30.6. The first-order chi connectivity index (χ1) is 23.4. The monoisotopic (exact) mass is 635 g/mol. The van der Waals surface area contributed by atoms with Gasteiger partial charge in [-0.3, -0.25) is 9.59 Å². The Bertz CT molecular complexity index is 2030. The van der Waals surface area contributed by atoms with Gasteiger partial charge in [0.15, 0.2) is 11.6 Å². The van der Waals surface area contributed by atoms with Crippen LogP contribution in [0.2, 0.25) is 0 Å². The molecule has 1 heterocycles. The number of carbonyl (C=O) groups is 3. The van der Waals surface area contributed by atoms with Gasteiger partial charge in [0.05, 0.1) is 11.1 Å². The van der Waals surface area contributed by atoms with Crippen molar-refractivity contribution in [2.24, 2.45) is 0 Å². The van der Waals surface area contributed by atoms with Crippen LogP contribution in [0.1, 0.15) is 131 Å². The Morgan fingerprint density at radius 1 is 0.812 bits per heavy atom. The molecule has 1 N–H and O–H groups in total. The number of benzene rings is 4. The molecule has 0 bridgehead atoms. The lowest BCUT2D eigenvalue weighted by atomic mass is 9.71. The van der Waals surface area contributed by atoms with Crippen molar-refractivity contribution in [1.29, 1.82) is 0 Å². The number of hydrogen-bond acceptors (Lipinski definition) is 4. The van der Waals surface area contributed by atoms with Crippen LogP contribution in [0.25, 0.3) is 17.2 Å². The lowest BCUT2D eigenvalue weighted by Crippen LogP contribution is -2.27. The molecule has 8 rings (SSSR count). The molecule has 3 aliphatic carbocycles. The zero-order valence-electron chi connectivity index (χ0n) is 27.7. The van der Waals surface area contributed by atoms with Crippen LogP contribution >= 0.6 is 0 Å². The molecule has 4 aliphatic rings. The van der Waals surface area contributed by atoms with Crippen LogP contribution < -0.4 is 4.90 Å². The average Bonchev–Trinajstić information content (AvgIpc) is 3.83. The maximum absolute atomic E-state index is 13.3. The van der Waals surface area contributed by atoms with E-state index in [1.54, 1.807) is 6.08 Å². The van der Waals surface area contributed by atoms with Crippen LogP contribution in [-0.4, -0.2) is 28.7 Å². The molecule has 4 aromatic rings. The Balaban J connectivity index is 1.18. The maximum atomic E-state index is 13.3. The number of unbranched alkanes of at least 4 members (excludes halogenated alkanes) is 2. The third-order valence-corrected chi connectivity index (χ3v) is 11.5. The van der Waals surface area contributed by atoms with E-state index in [4.69, 9.17) is 0 Å². The number of carboxylic acids is 1. The molecule has 5 nitrogen and oxygen atoms in total. The molecule has 5 heteroatoms. The Hall–Kier alpha value is -4.77. The van der Waals surface area contributed by atoms with Crippen LogP contribution in [0.5, 0.6) is 0 Å². The van der Waals surface area contributed by atoms with Crippen molar-refractivity contribution in [2.75, 3.05) is 4.90 Å². The minimum absolute atomic E-state index is 0.00343. The highest BCUT2D eigenvalue weighted by molar-refractivity contribution is 6.41. The predicted molar refractivity (Wildman–Crippen MR) is 191 cm³/mol. The van der Waals surface area contributed by atoms with Crippen LogP contribution in [0.15, 0.2) is 84.4 Å². The van der Waals surface area contributed by atoms with Crippen molar-refractivity contribution in [3.05, 3.63) is 123 Å². The number of carbonyl (C=O) groups excluding carboxylic acids is 2. The van der Waals surface area contributed by atoms with E-state index in [0.29, 0.717) is 12.0 Å². The second kappa shape index (κ2) is 11.7. The second-order valence-corrected chi connectivity index (χ2v) is 14.1. The number of anilines is 2. The van der Waals surface area contributed by atoms with E-state index in [0.717, 1.165) is 18.4 Å². The van der Waals surface area contributed by atoms with E-state index in [-0.39, 0.29) is 33.5 Å². The van der Waals surface area contributed by atoms with Crippen molar-refractivity contribution < 1.29 is 19.5 Å². The number of allylic oxidation sites excluding steroid dienone is 1. The fourth-order valence-corrected chi connectivity index (χ4v) is 9.28. The van der Waals surface area contributed by atoms with Crippen molar-refractivity contribution in [1.82, 2.24) is 0 Å². The standard InChI is InChI=1S/C43H41NO4/c1-3-5-20-43(21-6-4-2)36-12-8-7-10-29(36)32-25-28(16-18-37(32)43)44-38-13-9-11-30(38)33-22-26(14-19-39(33)44)23-35-40(45)31-17-15-27(42(47)48)24-34(31)41(35)46/h7-8,10,12,14-19,22-25,30,38H,3-6,9,11,13,20-21H2,1-2H3,(H,47,48)/b35-23+. The van der Waals surface area contributed by atoms with Gasteiger partial charge in [0.25, 0.3) is 0 Å². The van der Waals surface area contributed by atoms with Gasteiger partial charge < -0.3 is 10.0 Å². The summed E-state index contributed by atoms with van der Waals surface area (Å²) in [5, 5.41) is 9.40. The summed E-state index contributed by atoms with van der Waals surface area (Å²) in [6, 6.07) is 27.2. The van der Waals surface area contributed by atoms with Gasteiger partial charge in [0.1, 0.15) is 0 Å². The number of aromatic carboxylic acids is 1. The molecule has 4 aromatic carbocycles. The minimum atomic E-state index is -1.12. The summed E-state index contributed by atoms with van der Waals surface area (Å²) in [4.78, 5) is 40.6. The summed E-state index contributed by atoms with van der Waals surface area (Å²) in [7, 11) is 0. The number of nitrogens with zero attached hydrogens (tertiary/aromatic N) is 1. The highest BCUT2D eigenvalue weighted by Gasteiger charge is 2.45. The lowest BCUT2D eigenvalue weighted by Gasteiger charge is -2.33. The van der Waals surface area contributed by atoms with E-state index in [2.05, 4.69) is 73.3 Å². The van der Waals surface area contributed by atoms with Gasteiger partial charge in [-0.15, -0.1) is 0 Å². The van der Waals surface area contributed by atoms with Crippen LogP contribution in [0.4, 0.5) is 11.4 Å². The van der Waals surface area contributed by atoms with E-state index < -0.39 is 11.8 Å². The summed E-state index contributed by atoms with van der Waals surface area (Å²) in [5.41, 5.74) is 10.9. The second-order valence-electron chi connectivity index (χ2n) is 14.1. The quantitative estimate of drug-likeness (QED) is 0.146. The largest absolute Gasteiger partial charge is 0.478 e. The molecular formula is C43H41NO4. The molecule has 2 unspecified atom stereocenters. The van der Waals surface area contributed by atoms with Gasteiger partial charge in [0, 0.05) is 39.9 Å². The SMILES string of the molecule is CCCCC1(CCCC)c2ccccc2-c2cc(N3c4ccc(/C=C5\C(=O)c6ccc(C(=O)O)cc6C5=O)cc4C4CCCC43)ccc21. The Morgan fingerprint density at radius 2 is 1.56 bits per heavy atom. The zero-order chi connectivity index (χ0) is 33.2. The van der Waals surface area contributed by atoms with Gasteiger partial charge in [-0.2, -0.15) is 0 Å². The summed E-state index contributed by atoms with van der Waals surface area (Å²) < 4.78 is 0. The van der Waals surface area contributed by atoms with E-state index >= 15 is 0 Å². The van der Waals surface area contributed by atoms with Gasteiger partial charge in [-0.25, -0.2) is 4.79 Å². The van der Waals surface area contributed by atoms with E-state index in [1.807, 2.05) is 6.07 Å². The number of rotatable bonds is 9. The molecule has 2 atom stereocenters. The predicted octanol–water partition coefficient (Wildman–Crippen LogP) is 10.3. The molecule has 0 aromatic heterocycles. The normalized spacial score (nSPS) is 20.5. The van der Waals surface area contributed by atoms with Crippen LogP contribution in [-0.2, 0) is 5.41 Å². The highest BCUT2D eigenvalue weighted by atomic mass is 16.4. The fraction of sp³-hybridized carbons (Fsp3) is 0.326. The van der Waals surface area contributed by atoms with E-state index in [1.165, 1.54) is 102 Å². The fourth-order valence-electron chi connectivity index (χ4n) is 9.28. The van der Waals surface area contributed by atoms with Gasteiger partial charge in [0.2, 0.25) is 0 Å². The minimum Gasteiger partial charge on any atom is -0.478 e. The molecule has 242 valence electrons. The van der Waals surface area contributed by atoms with Crippen molar-refractivity contribution in [2.45, 2.75) is 89.0 Å². The molecular weight excluding hydrogens is 594 g/mol. The number of ketones is 2. The molecule has 0 radical (unpaired) electrons. The molecule has 0 amide bonds. The Kier molecular flexibility index (Phi) is 7.47. The van der Waals surface area contributed by atoms with Crippen molar-refractivity contribution in [3.8, 4) is 11.1 Å². The van der Waals surface area contributed by atoms with Crippen LogP contribution in [0, 0.1) is 0 Å². The van der Waals surface area contributed by atoms with E-state index in [9.17, 15) is 19.5 Å². The number of carboxylic acid groups (broad SMARTS) is 1. The van der Waals surface area contributed by atoms with Gasteiger partial charge in [-0.1, -0.05) is 82.3 Å². The Morgan fingerprint density at radius 3 is 2.33 bits per heavy atom. The average molecular weight is 636 g/mol. The first-order valence-electron chi connectivity index (χ1n) is 17.7.